The van der Waals surface area contributed by atoms with Crippen molar-refractivity contribution < 1.29 is 4.74 Å². The SMILES string of the molecule is CCCc1c(Cl)ncnc1N1CCC(OCC)CC1. The quantitative estimate of drug-likeness (QED) is 0.779. The molecule has 1 aromatic heterocycles. The highest BCUT2D eigenvalue weighted by Crippen LogP contribution is 2.27. The maximum atomic E-state index is 6.20. The molecule has 2 rings (SSSR count). The van der Waals surface area contributed by atoms with Crippen LogP contribution in [0, 0.1) is 0 Å². The molecule has 0 amide bonds. The minimum atomic E-state index is 0.396. The summed E-state index contributed by atoms with van der Waals surface area (Å²) in [5.41, 5.74) is 1.08. The first-order chi connectivity index (χ1) is 9.26. The van der Waals surface area contributed by atoms with Gasteiger partial charge in [-0.1, -0.05) is 24.9 Å². The molecule has 1 aliphatic rings. The van der Waals surface area contributed by atoms with Crippen LogP contribution in [0.15, 0.2) is 6.33 Å². The molecule has 2 heterocycles. The Morgan fingerprint density at radius 2 is 2.05 bits per heavy atom. The maximum Gasteiger partial charge on any atom is 0.137 e. The number of rotatable bonds is 5. The molecule has 19 heavy (non-hydrogen) atoms. The first kappa shape index (κ1) is 14.5. The van der Waals surface area contributed by atoms with Crippen LogP contribution in [0.1, 0.15) is 38.7 Å². The summed E-state index contributed by atoms with van der Waals surface area (Å²) in [6, 6.07) is 0. The fourth-order valence-corrected chi connectivity index (χ4v) is 2.81. The van der Waals surface area contributed by atoms with Crippen LogP contribution in [-0.4, -0.2) is 35.8 Å². The summed E-state index contributed by atoms with van der Waals surface area (Å²) in [7, 11) is 0. The molecule has 1 aromatic rings. The molecule has 0 aliphatic carbocycles. The Bertz CT molecular complexity index is 406. The number of aromatic nitrogens is 2. The molecule has 0 atom stereocenters. The van der Waals surface area contributed by atoms with Gasteiger partial charge in [-0.3, -0.25) is 0 Å². The number of piperidine rings is 1. The van der Waals surface area contributed by atoms with Gasteiger partial charge in [0.1, 0.15) is 17.3 Å². The van der Waals surface area contributed by atoms with Gasteiger partial charge in [0.25, 0.3) is 0 Å². The van der Waals surface area contributed by atoms with Gasteiger partial charge in [0.15, 0.2) is 0 Å². The Labute approximate surface area is 120 Å². The molecule has 1 aliphatic heterocycles. The summed E-state index contributed by atoms with van der Waals surface area (Å²) in [6.07, 6.45) is 6.05. The number of nitrogens with zero attached hydrogens (tertiary/aromatic N) is 3. The van der Waals surface area contributed by atoms with Gasteiger partial charge < -0.3 is 9.64 Å². The van der Waals surface area contributed by atoms with Crippen molar-refractivity contribution in [1.82, 2.24) is 9.97 Å². The predicted molar refractivity (Wildman–Crippen MR) is 77.9 cm³/mol. The largest absolute Gasteiger partial charge is 0.378 e. The Hall–Kier alpha value is -0.870. The van der Waals surface area contributed by atoms with E-state index in [-0.39, 0.29) is 0 Å². The van der Waals surface area contributed by atoms with E-state index < -0.39 is 0 Å². The lowest BCUT2D eigenvalue weighted by molar-refractivity contribution is 0.0458. The van der Waals surface area contributed by atoms with E-state index in [4.69, 9.17) is 16.3 Å². The van der Waals surface area contributed by atoms with E-state index in [1.807, 2.05) is 0 Å². The number of anilines is 1. The second-order valence-electron chi connectivity index (χ2n) is 4.86. The van der Waals surface area contributed by atoms with Gasteiger partial charge in [0.05, 0.1) is 6.10 Å². The zero-order valence-electron chi connectivity index (χ0n) is 11.7. The molecular formula is C14H22ClN3O. The van der Waals surface area contributed by atoms with Crippen molar-refractivity contribution >= 4 is 17.4 Å². The summed E-state index contributed by atoms with van der Waals surface area (Å²) >= 11 is 6.20. The number of ether oxygens (including phenoxy) is 1. The molecule has 0 aromatic carbocycles. The van der Waals surface area contributed by atoms with Crippen LogP contribution < -0.4 is 4.90 Å². The third-order valence-electron chi connectivity index (χ3n) is 3.51. The highest BCUT2D eigenvalue weighted by atomic mass is 35.5. The van der Waals surface area contributed by atoms with Crippen LogP contribution in [0.4, 0.5) is 5.82 Å². The fraction of sp³-hybridized carbons (Fsp3) is 0.714. The molecule has 0 spiro atoms. The van der Waals surface area contributed by atoms with Gasteiger partial charge in [-0.05, 0) is 26.2 Å². The molecule has 0 saturated carbocycles. The second kappa shape index (κ2) is 7.06. The number of hydrogen-bond acceptors (Lipinski definition) is 4. The molecule has 106 valence electrons. The third kappa shape index (κ3) is 3.57. The molecule has 1 saturated heterocycles. The summed E-state index contributed by atoms with van der Waals surface area (Å²) in [5.74, 6) is 1.01. The van der Waals surface area contributed by atoms with Crippen molar-refractivity contribution in [1.29, 1.82) is 0 Å². The maximum absolute atomic E-state index is 6.20. The van der Waals surface area contributed by atoms with E-state index in [9.17, 15) is 0 Å². The predicted octanol–water partition coefficient (Wildman–Crippen LogP) is 3.09. The smallest absolute Gasteiger partial charge is 0.137 e. The summed E-state index contributed by atoms with van der Waals surface area (Å²) in [4.78, 5) is 10.9. The molecule has 0 radical (unpaired) electrons. The van der Waals surface area contributed by atoms with E-state index in [1.165, 1.54) is 0 Å². The van der Waals surface area contributed by atoms with Crippen molar-refractivity contribution in [3.63, 3.8) is 0 Å². The van der Waals surface area contributed by atoms with Crippen molar-refractivity contribution in [2.45, 2.75) is 45.6 Å². The molecule has 4 nitrogen and oxygen atoms in total. The lowest BCUT2D eigenvalue weighted by Gasteiger charge is -2.33. The normalized spacial score (nSPS) is 16.9. The molecule has 1 fully saturated rings. The Kier molecular flexibility index (Phi) is 5.40. The molecule has 0 N–H and O–H groups in total. The van der Waals surface area contributed by atoms with E-state index in [2.05, 4.69) is 28.7 Å². The van der Waals surface area contributed by atoms with Gasteiger partial charge in [-0.2, -0.15) is 0 Å². The van der Waals surface area contributed by atoms with Crippen LogP contribution in [0.25, 0.3) is 0 Å². The average Bonchev–Trinajstić information content (AvgIpc) is 2.43. The first-order valence-electron chi connectivity index (χ1n) is 7.12. The van der Waals surface area contributed by atoms with Gasteiger partial charge in [0.2, 0.25) is 0 Å². The molecule has 0 bridgehead atoms. The van der Waals surface area contributed by atoms with Gasteiger partial charge in [0, 0.05) is 25.3 Å². The molecule has 5 heteroatoms. The van der Waals surface area contributed by atoms with Crippen LogP contribution in [0.2, 0.25) is 5.15 Å². The van der Waals surface area contributed by atoms with Gasteiger partial charge in [-0.15, -0.1) is 0 Å². The zero-order valence-corrected chi connectivity index (χ0v) is 12.5. The van der Waals surface area contributed by atoms with Crippen molar-refractivity contribution in [2.24, 2.45) is 0 Å². The lowest BCUT2D eigenvalue weighted by Crippen LogP contribution is -2.38. The summed E-state index contributed by atoms with van der Waals surface area (Å²) < 4.78 is 5.68. The van der Waals surface area contributed by atoms with E-state index in [0.717, 1.165) is 56.8 Å². The van der Waals surface area contributed by atoms with Crippen LogP contribution in [-0.2, 0) is 11.2 Å². The standard InChI is InChI=1S/C14H22ClN3O/c1-3-5-12-13(15)16-10-17-14(12)18-8-6-11(7-9-18)19-4-2/h10-11H,3-9H2,1-2H3. The lowest BCUT2D eigenvalue weighted by atomic mass is 10.1. The summed E-state index contributed by atoms with van der Waals surface area (Å²) in [6.45, 7) is 6.96. The topological polar surface area (TPSA) is 38.2 Å². The number of hydrogen-bond donors (Lipinski definition) is 0. The van der Waals surface area contributed by atoms with E-state index in [0.29, 0.717) is 11.3 Å². The highest BCUT2D eigenvalue weighted by Gasteiger charge is 2.23. The zero-order chi connectivity index (χ0) is 13.7. The van der Waals surface area contributed by atoms with Crippen LogP contribution >= 0.6 is 11.6 Å². The third-order valence-corrected chi connectivity index (χ3v) is 3.84. The minimum absolute atomic E-state index is 0.396. The average molecular weight is 284 g/mol. The van der Waals surface area contributed by atoms with Crippen molar-refractivity contribution in [3.05, 3.63) is 17.0 Å². The summed E-state index contributed by atoms with van der Waals surface area (Å²) in [5, 5.41) is 0.596. The van der Waals surface area contributed by atoms with Crippen LogP contribution in [0.3, 0.4) is 0 Å². The Balaban J connectivity index is 2.08. The van der Waals surface area contributed by atoms with Gasteiger partial charge in [-0.25, -0.2) is 9.97 Å². The van der Waals surface area contributed by atoms with Crippen LogP contribution in [0.5, 0.6) is 0 Å². The Morgan fingerprint density at radius 1 is 1.32 bits per heavy atom. The molecule has 0 unspecified atom stereocenters. The highest BCUT2D eigenvalue weighted by molar-refractivity contribution is 6.30. The van der Waals surface area contributed by atoms with E-state index >= 15 is 0 Å². The number of halogens is 1. The second-order valence-corrected chi connectivity index (χ2v) is 5.22. The monoisotopic (exact) mass is 283 g/mol. The van der Waals surface area contributed by atoms with Crippen molar-refractivity contribution in [2.75, 3.05) is 24.6 Å². The first-order valence-corrected chi connectivity index (χ1v) is 7.50. The molecular weight excluding hydrogens is 262 g/mol. The van der Waals surface area contributed by atoms with E-state index in [1.54, 1.807) is 6.33 Å². The Morgan fingerprint density at radius 3 is 2.68 bits per heavy atom. The van der Waals surface area contributed by atoms with Gasteiger partial charge >= 0.3 is 0 Å². The fourth-order valence-electron chi connectivity index (χ4n) is 2.59. The van der Waals surface area contributed by atoms with Crippen molar-refractivity contribution in [3.8, 4) is 0 Å². The minimum Gasteiger partial charge on any atom is -0.378 e.